The number of rotatable bonds is 4. The number of aryl methyl sites for hydroxylation is 1. The molecule has 1 amide bonds. The Morgan fingerprint density at radius 1 is 1.45 bits per heavy atom. The Hall–Kier alpha value is -2.15. The van der Waals surface area contributed by atoms with Crippen LogP contribution in [0.4, 0.5) is 5.69 Å². The van der Waals surface area contributed by atoms with Crippen molar-refractivity contribution in [1.29, 1.82) is 0 Å². The second-order valence-electron chi connectivity index (χ2n) is 4.65. The standard InChI is InChI=1S/C13H17N3O4/c1-10-2-3-12(11(8-10)16(18)19)20-9-13(17)15-6-4-14-5-7-15/h2-3,8,14H,4-7,9H2,1H3. The van der Waals surface area contributed by atoms with E-state index in [1.54, 1.807) is 17.9 Å². The van der Waals surface area contributed by atoms with Crippen LogP contribution in [-0.2, 0) is 4.79 Å². The van der Waals surface area contributed by atoms with E-state index in [0.717, 1.165) is 18.7 Å². The van der Waals surface area contributed by atoms with Crippen LogP contribution in [0.2, 0.25) is 0 Å². The Bertz CT molecular complexity index is 512. The zero-order chi connectivity index (χ0) is 14.5. The molecular formula is C13H17N3O4. The fraction of sp³-hybridized carbons (Fsp3) is 0.462. The van der Waals surface area contributed by atoms with E-state index in [0.29, 0.717) is 13.1 Å². The van der Waals surface area contributed by atoms with Gasteiger partial charge in [-0.25, -0.2) is 0 Å². The highest BCUT2D eigenvalue weighted by molar-refractivity contribution is 5.78. The number of nitro groups is 1. The third-order valence-corrected chi connectivity index (χ3v) is 3.13. The lowest BCUT2D eigenvalue weighted by Gasteiger charge is -2.27. The summed E-state index contributed by atoms with van der Waals surface area (Å²) in [5.41, 5.74) is 0.663. The van der Waals surface area contributed by atoms with Gasteiger partial charge >= 0.3 is 5.69 Å². The molecule has 1 heterocycles. The maximum Gasteiger partial charge on any atom is 0.311 e. The Morgan fingerprint density at radius 2 is 2.15 bits per heavy atom. The van der Waals surface area contributed by atoms with Crippen LogP contribution in [0.1, 0.15) is 5.56 Å². The molecule has 7 nitrogen and oxygen atoms in total. The van der Waals surface area contributed by atoms with E-state index in [1.165, 1.54) is 12.1 Å². The molecule has 1 aromatic rings. The molecule has 1 saturated heterocycles. The summed E-state index contributed by atoms with van der Waals surface area (Å²) in [6.45, 7) is 4.38. The highest BCUT2D eigenvalue weighted by Crippen LogP contribution is 2.27. The molecule has 1 aromatic carbocycles. The van der Waals surface area contributed by atoms with E-state index < -0.39 is 4.92 Å². The van der Waals surface area contributed by atoms with Crippen LogP contribution in [0.15, 0.2) is 18.2 Å². The van der Waals surface area contributed by atoms with Crippen LogP contribution in [-0.4, -0.2) is 48.5 Å². The maximum absolute atomic E-state index is 11.9. The van der Waals surface area contributed by atoms with Crippen molar-refractivity contribution in [1.82, 2.24) is 10.2 Å². The molecule has 0 aromatic heterocycles. The van der Waals surface area contributed by atoms with E-state index in [4.69, 9.17) is 4.74 Å². The van der Waals surface area contributed by atoms with Gasteiger partial charge in [-0.2, -0.15) is 0 Å². The molecular weight excluding hydrogens is 262 g/mol. The van der Waals surface area contributed by atoms with E-state index in [1.807, 2.05) is 0 Å². The Balaban J connectivity index is 1.99. The Kier molecular flexibility index (Phi) is 4.52. The lowest BCUT2D eigenvalue weighted by Crippen LogP contribution is -2.47. The summed E-state index contributed by atoms with van der Waals surface area (Å²) < 4.78 is 5.32. The number of hydrogen-bond acceptors (Lipinski definition) is 5. The second-order valence-corrected chi connectivity index (χ2v) is 4.65. The van der Waals surface area contributed by atoms with Gasteiger partial charge in [0.05, 0.1) is 4.92 Å². The van der Waals surface area contributed by atoms with Gasteiger partial charge in [-0.3, -0.25) is 14.9 Å². The van der Waals surface area contributed by atoms with Crippen LogP contribution in [0, 0.1) is 17.0 Å². The minimum Gasteiger partial charge on any atom is -0.477 e. The SMILES string of the molecule is Cc1ccc(OCC(=O)N2CCNCC2)c([N+](=O)[O-])c1. The van der Waals surface area contributed by atoms with Crippen molar-refractivity contribution in [2.45, 2.75) is 6.92 Å². The first-order chi connectivity index (χ1) is 9.58. The highest BCUT2D eigenvalue weighted by Gasteiger charge is 2.19. The first-order valence-corrected chi connectivity index (χ1v) is 6.44. The number of benzene rings is 1. The highest BCUT2D eigenvalue weighted by atomic mass is 16.6. The molecule has 0 aliphatic carbocycles. The van der Waals surface area contributed by atoms with Crippen LogP contribution in [0.25, 0.3) is 0 Å². The van der Waals surface area contributed by atoms with Crippen LogP contribution < -0.4 is 10.1 Å². The number of hydrogen-bond donors (Lipinski definition) is 1. The van der Waals surface area contributed by atoms with Crippen molar-refractivity contribution in [3.05, 3.63) is 33.9 Å². The van der Waals surface area contributed by atoms with Crippen LogP contribution in [0.5, 0.6) is 5.75 Å². The minimum absolute atomic E-state index is 0.113. The molecule has 0 bridgehead atoms. The van der Waals surface area contributed by atoms with Gasteiger partial charge in [0.1, 0.15) is 0 Å². The number of nitrogens with zero attached hydrogens (tertiary/aromatic N) is 2. The summed E-state index contributed by atoms with van der Waals surface area (Å²) in [5, 5.41) is 14.1. The lowest BCUT2D eigenvalue weighted by molar-refractivity contribution is -0.385. The average Bonchev–Trinajstić information content (AvgIpc) is 2.46. The summed E-state index contributed by atoms with van der Waals surface area (Å²) in [6, 6.07) is 4.68. The molecule has 2 rings (SSSR count). The summed E-state index contributed by atoms with van der Waals surface area (Å²) in [6.07, 6.45) is 0. The van der Waals surface area contributed by atoms with Gasteiger partial charge in [-0.05, 0) is 18.6 Å². The average molecular weight is 279 g/mol. The molecule has 1 aliphatic heterocycles. The van der Waals surface area contributed by atoms with Crippen molar-refractivity contribution in [3.8, 4) is 5.75 Å². The van der Waals surface area contributed by atoms with Crippen molar-refractivity contribution in [2.75, 3.05) is 32.8 Å². The van der Waals surface area contributed by atoms with Crippen molar-refractivity contribution < 1.29 is 14.5 Å². The monoisotopic (exact) mass is 279 g/mol. The zero-order valence-electron chi connectivity index (χ0n) is 11.3. The molecule has 1 aliphatic rings. The Morgan fingerprint density at radius 3 is 2.80 bits per heavy atom. The molecule has 1 N–H and O–H groups in total. The number of piperazine rings is 1. The first-order valence-electron chi connectivity index (χ1n) is 6.44. The fourth-order valence-corrected chi connectivity index (χ4v) is 2.04. The molecule has 0 atom stereocenters. The smallest absolute Gasteiger partial charge is 0.311 e. The molecule has 0 spiro atoms. The summed E-state index contributed by atoms with van der Waals surface area (Å²) in [4.78, 5) is 24.1. The third kappa shape index (κ3) is 3.45. The van der Waals surface area contributed by atoms with Crippen LogP contribution >= 0.6 is 0 Å². The van der Waals surface area contributed by atoms with Crippen LogP contribution in [0.3, 0.4) is 0 Å². The molecule has 20 heavy (non-hydrogen) atoms. The number of carbonyl (C=O) groups is 1. The number of nitro benzene ring substituents is 1. The van der Waals surface area contributed by atoms with Gasteiger partial charge in [0, 0.05) is 32.2 Å². The second kappa shape index (κ2) is 6.33. The van der Waals surface area contributed by atoms with E-state index >= 15 is 0 Å². The third-order valence-electron chi connectivity index (χ3n) is 3.13. The molecule has 108 valence electrons. The molecule has 1 fully saturated rings. The Labute approximate surface area is 116 Å². The number of carbonyl (C=O) groups excluding carboxylic acids is 1. The summed E-state index contributed by atoms with van der Waals surface area (Å²) >= 11 is 0. The van der Waals surface area contributed by atoms with Crippen molar-refractivity contribution >= 4 is 11.6 Å². The largest absolute Gasteiger partial charge is 0.477 e. The zero-order valence-corrected chi connectivity index (χ0v) is 11.3. The predicted molar refractivity (Wildman–Crippen MR) is 72.8 cm³/mol. The van der Waals surface area contributed by atoms with Gasteiger partial charge in [-0.1, -0.05) is 6.07 Å². The van der Waals surface area contributed by atoms with Crippen molar-refractivity contribution in [3.63, 3.8) is 0 Å². The van der Waals surface area contributed by atoms with Gasteiger partial charge < -0.3 is 15.0 Å². The van der Waals surface area contributed by atoms with Gasteiger partial charge in [0.2, 0.25) is 0 Å². The lowest BCUT2D eigenvalue weighted by atomic mass is 10.2. The summed E-state index contributed by atoms with van der Waals surface area (Å²) in [5.74, 6) is -0.0227. The number of amides is 1. The maximum atomic E-state index is 11.9. The number of ether oxygens (including phenoxy) is 1. The van der Waals surface area contributed by atoms with Crippen molar-refractivity contribution in [2.24, 2.45) is 0 Å². The number of nitrogens with one attached hydrogen (secondary N) is 1. The predicted octanol–water partition coefficient (Wildman–Crippen LogP) is 0.714. The quantitative estimate of drug-likeness (QED) is 0.648. The topological polar surface area (TPSA) is 84.7 Å². The molecule has 0 unspecified atom stereocenters. The molecule has 0 radical (unpaired) electrons. The fourth-order valence-electron chi connectivity index (χ4n) is 2.04. The van der Waals surface area contributed by atoms with Gasteiger partial charge in [0.15, 0.2) is 12.4 Å². The van der Waals surface area contributed by atoms with Gasteiger partial charge in [-0.15, -0.1) is 0 Å². The first kappa shape index (κ1) is 14.3. The van der Waals surface area contributed by atoms with E-state index in [9.17, 15) is 14.9 Å². The molecule has 0 saturated carbocycles. The van der Waals surface area contributed by atoms with Gasteiger partial charge in [0.25, 0.3) is 5.91 Å². The normalized spacial score (nSPS) is 14.9. The summed E-state index contributed by atoms with van der Waals surface area (Å²) in [7, 11) is 0. The van der Waals surface area contributed by atoms with E-state index in [2.05, 4.69) is 5.32 Å². The minimum atomic E-state index is -0.502. The van der Waals surface area contributed by atoms with E-state index in [-0.39, 0.29) is 24.0 Å². The molecule has 7 heteroatoms.